The topological polar surface area (TPSA) is 101 Å². The fraction of sp³-hybridized carbons (Fsp3) is 0.150. The predicted molar refractivity (Wildman–Crippen MR) is 118 cm³/mol. The van der Waals surface area contributed by atoms with Gasteiger partial charge < -0.3 is 15.2 Å². The van der Waals surface area contributed by atoms with Crippen LogP contribution in [0.2, 0.25) is 0 Å². The molecule has 3 aromatic heterocycles. The molecule has 1 aliphatic heterocycles. The minimum atomic E-state index is -0.794. The number of carbonyl (C=O) groups is 2. The minimum Gasteiger partial charge on any atom is -0.466 e. The first-order chi connectivity index (χ1) is 14.5. The van der Waals surface area contributed by atoms with Crippen LogP contribution in [-0.4, -0.2) is 30.7 Å². The summed E-state index contributed by atoms with van der Waals surface area (Å²) < 4.78 is 11.9. The lowest BCUT2D eigenvalue weighted by molar-refractivity contribution is -0.136. The number of thiophene rings is 2. The summed E-state index contributed by atoms with van der Waals surface area (Å²) in [4.78, 5) is 40.3. The Balaban J connectivity index is 2.14. The van der Waals surface area contributed by atoms with E-state index in [2.05, 4.69) is 0 Å². The molecule has 1 atom stereocenters. The van der Waals surface area contributed by atoms with E-state index in [0.29, 0.717) is 9.20 Å². The molecule has 0 saturated heterocycles. The summed E-state index contributed by atoms with van der Waals surface area (Å²) in [6.45, 7) is 0. The Labute approximate surface area is 182 Å². The molecule has 2 N–H and O–H groups in total. The third kappa shape index (κ3) is 3.22. The lowest BCUT2D eigenvalue weighted by atomic mass is 9.88. The van der Waals surface area contributed by atoms with Gasteiger partial charge in [0.05, 0.1) is 35.8 Å². The van der Waals surface area contributed by atoms with Gasteiger partial charge in [0.25, 0.3) is 5.56 Å². The van der Waals surface area contributed by atoms with Crippen molar-refractivity contribution in [3.05, 3.63) is 69.9 Å². The Morgan fingerprint density at radius 1 is 1.07 bits per heavy atom. The zero-order valence-electron chi connectivity index (χ0n) is 15.9. The first-order valence-electron chi connectivity index (χ1n) is 8.69. The van der Waals surface area contributed by atoms with Crippen LogP contribution in [0.4, 0.5) is 0 Å². The van der Waals surface area contributed by atoms with Crippen LogP contribution in [0.3, 0.4) is 0 Å². The van der Waals surface area contributed by atoms with Crippen molar-refractivity contribution in [2.24, 2.45) is 5.73 Å². The SMILES string of the molecule is COC(=O)C1=C(N)n2c(s/c(=C\c3cccs3)c2=O)=C(C(=O)OC)C1c1cccs1. The number of carbonyl (C=O) groups excluding carboxylic acids is 2. The standard InChI is InChI=1S/C20H16N2O5S3/c1-26-19(24)14-13(11-6-4-8-29-11)15(20(25)27-2)18-22(16(14)21)17(23)12(30-18)9-10-5-3-7-28-10/h3-9,13H,21H2,1-2H3/b12-9-. The van der Waals surface area contributed by atoms with Crippen LogP contribution in [0.5, 0.6) is 0 Å². The number of nitrogens with zero attached hydrogens (tertiary/aromatic N) is 1. The maximum Gasteiger partial charge on any atom is 0.338 e. The van der Waals surface area contributed by atoms with Crippen molar-refractivity contribution in [2.75, 3.05) is 14.2 Å². The molecule has 0 radical (unpaired) electrons. The number of aromatic nitrogens is 1. The number of methoxy groups -OCH3 is 2. The Kier molecular flexibility index (Phi) is 5.46. The van der Waals surface area contributed by atoms with Crippen LogP contribution < -0.4 is 20.5 Å². The zero-order chi connectivity index (χ0) is 21.4. The molecule has 0 fully saturated rings. The summed E-state index contributed by atoms with van der Waals surface area (Å²) in [7, 11) is 2.49. The third-order valence-corrected chi connectivity index (χ3v) is 7.47. The number of fused-ring (bicyclic) bond motifs is 1. The lowest BCUT2D eigenvalue weighted by Gasteiger charge is -2.25. The van der Waals surface area contributed by atoms with E-state index in [9.17, 15) is 14.4 Å². The quantitative estimate of drug-likeness (QED) is 0.589. The van der Waals surface area contributed by atoms with Crippen LogP contribution in [0.15, 0.2) is 45.4 Å². The third-order valence-electron chi connectivity index (χ3n) is 4.60. The molecule has 7 nitrogen and oxygen atoms in total. The Bertz CT molecular complexity index is 1330. The highest BCUT2D eigenvalue weighted by Crippen LogP contribution is 2.39. The number of esters is 2. The highest BCUT2D eigenvalue weighted by molar-refractivity contribution is 7.11. The van der Waals surface area contributed by atoms with Crippen molar-refractivity contribution >= 4 is 63.4 Å². The summed E-state index contributed by atoms with van der Waals surface area (Å²) in [6.07, 6.45) is 1.74. The van der Waals surface area contributed by atoms with Crippen LogP contribution >= 0.6 is 34.0 Å². The maximum atomic E-state index is 13.2. The second-order valence-corrected chi connectivity index (χ2v) is 9.21. The number of hydrogen-bond donors (Lipinski definition) is 1. The molecule has 10 heteroatoms. The first kappa shape index (κ1) is 20.3. The van der Waals surface area contributed by atoms with Crippen LogP contribution in [0.1, 0.15) is 15.7 Å². The first-order valence-corrected chi connectivity index (χ1v) is 11.3. The van der Waals surface area contributed by atoms with E-state index in [1.54, 1.807) is 12.1 Å². The molecule has 30 heavy (non-hydrogen) atoms. The number of hydrogen-bond acceptors (Lipinski definition) is 9. The molecule has 1 aliphatic rings. The number of thiazole rings is 1. The molecule has 0 spiro atoms. The number of ether oxygens (including phenoxy) is 2. The average Bonchev–Trinajstić information content (AvgIpc) is 3.50. The summed E-state index contributed by atoms with van der Waals surface area (Å²) in [5.74, 6) is -2.19. The van der Waals surface area contributed by atoms with E-state index < -0.39 is 23.4 Å². The second kappa shape index (κ2) is 8.05. The molecule has 0 aliphatic carbocycles. The van der Waals surface area contributed by atoms with Crippen molar-refractivity contribution in [2.45, 2.75) is 5.92 Å². The van der Waals surface area contributed by atoms with Crippen LogP contribution in [-0.2, 0) is 19.1 Å². The summed E-state index contributed by atoms with van der Waals surface area (Å²) in [5.41, 5.74) is 6.14. The van der Waals surface area contributed by atoms with E-state index >= 15 is 0 Å². The van der Waals surface area contributed by atoms with E-state index in [1.807, 2.05) is 29.0 Å². The van der Waals surface area contributed by atoms with E-state index in [0.717, 1.165) is 21.1 Å². The molecule has 154 valence electrons. The lowest BCUT2D eigenvalue weighted by Crippen LogP contribution is -2.41. The van der Waals surface area contributed by atoms with Gasteiger partial charge in [0.1, 0.15) is 10.5 Å². The largest absolute Gasteiger partial charge is 0.466 e. The average molecular weight is 461 g/mol. The van der Waals surface area contributed by atoms with E-state index in [4.69, 9.17) is 15.2 Å². The maximum absolute atomic E-state index is 13.2. The highest BCUT2D eigenvalue weighted by atomic mass is 32.1. The number of nitrogens with two attached hydrogens (primary N) is 1. The van der Waals surface area contributed by atoms with Crippen LogP contribution in [0.25, 0.3) is 17.5 Å². The van der Waals surface area contributed by atoms with Gasteiger partial charge in [-0.05, 0) is 29.0 Å². The molecule has 0 aromatic carbocycles. The van der Waals surface area contributed by atoms with Gasteiger partial charge in [-0.1, -0.05) is 12.1 Å². The van der Waals surface area contributed by atoms with Crippen LogP contribution in [0, 0.1) is 0 Å². The van der Waals surface area contributed by atoms with Gasteiger partial charge in [-0.15, -0.1) is 34.0 Å². The van der Waals surface area contributed by atoms with Crippen molar-refractivity contribution in [1.82, 2.24) is 4.57 Å². The van der Waals surface area contributed by atoms with Crippen molar-refractivity contribution in [1.29, 1.82) is 0 Å². The fourth-order valence-corrected chi connectivity index (χ4v) is 6.04. The molecule has 4 heterocycles. The van der Waals surface area contributed by atoms with E-state index in [-0.39, 0.29) is 17.0 Å². The number of rotatable bonds is 4. The normalized spacial score (nSPS) is 16.5. The summed E-state index contributed by atoms with van der Waals surface area (Å²) >= 11 is 3.99. The van der Waals surface area contributed by atoms with Gasteiger partial charge in [0.2, 0.25) is 0 Å². The van der Waals surface area contributed by atoms with E-state index in [1.165, 1.54) is 41.5 Å². The smallest absolute Gasteiger partial charge is 0.338 e. The van der Waals surface area contributed by atoms with Crippen molar-refractivity contribution in [3.8, 4) is 0 Å². The summed E-state index contributed by atoms with van der Waals surface area (Å²) in [6, 6.07) is 7.37. The monoisotopic (exact) mass is 460 g/mol. The van der Waals surface area contributed by atoms with Gasteiger partial charge in [-0.25, -0.2) is 9.59 Å². The molecule has 0 saturated carbocycles. The molecule has 1 unspecified atom stereocenters. The molecule has 3 aromatic rings. The van der Waals surface area contributed by atoms with Gasteiger partial charge in [-0.3, -0.25) is 9.36 Å². The van der Waals surface area contributed by atoms with Crippen molar-refractivity contribution < 1.29 is 19.1 Å². The Hall–Kier alpha value is -2.95. The van der Waals surface area contributed by atoms with Gasteiger partial charge in [0, 0.05) is 9.75 Å². The highest BCUT2D eigenvalue weighted by Gasteiger charge is 2.40. The molecule has 0 bridgehead atoms. The predicted octanol–water partition coefficient (Wildman–Crippen LogP) is 1.28. The van der Waals surface area contributed by atoms with Gasteiger partial charge >= 0.3 is 11.9 Å². The molecular weight excluding hydrogens is 444 g/mol. The summed E-state index contributed by atoms with van der Waals surface area (Å²) in [5, 5.41) is 3.74. The second-order valence-electron chi connectivity index (χ2n) is 6.22. The zero-order valence-corrected chi connectivity index (χ0v) is 18.4. The molecular formula is C20H16N2O5S3. The van der Waals surface area contributed by atoms with Gasteiger partial charge in [0.15, 0.2) is 0 Å². The van der Waals surface area contributed by atoms with Crippen molar-refractivity contribution in [3.63, 3.8) is 0 Å². The Morgan fingerprint density at radius 3 is 2.33 bits per heavy atom. The fourth-order valence-electron chi connectivity index (χ4n) is 3.31. The molecule has 4 rings (SSSR count). The van der Waals surface area contributed by atoms with Gasteiger partial charge in [-0.2, -0.15) is 0 Å². The molecule has 0 amide bonds. The minimum absolute atomic E-state index is 0.0374. The Morgan fingerprint density at radius 2 is 1.73 bits per heavy atom.